The molecule has 2 aromatic rings. The van der Waals surface area contributed by atoms with Gasteiger partial charge in [0.25, 0.3) is 5.82 Å². The van der Waals surface area contributed by atoms with E-state index in [1.165, 1.54) is 4.68 Å². The second-order valence-electron chi connectivity index (χ2n) is 7.14. The van der Waals surface area contributed by atoms with Crippen LogP contribution in [0.3, 0.4) is 0 Å². The molecule has 0 amide bonds. The second-order valence-corrected chi connectivity index (χ2v) is 7.14. The zero-order chi connectivity index (χ0) is 20.9. The highest BCUT2D eigenvalue weighted by Gasteiger charge is 2.40. The molecule has 0 saturated carbocycles. The number of hydrogen-bond acceptors (Lipinski definition) is 5. The standard InChI is InChI=1S/C17H17F6N5O/c18-10-5-12(20)11(19)4-9(10)15-13(24)3-8(7-29-15)27-1-2-28-14(6-27)25-16(26-28)17(21,22)23/h4-5,8,13,15H,1-3,6-7,24H2/t8-,13+,15?/m1/s1. The fraction of sp³-hybridized carbons (Fsp3) is 0.529. The van der Waals surface area contributed by atoms with Crippen LogP contribution in [0.15, 0.2) is 12.1 Å². The Kier molecular flexibility index (Phi) is 5.03. The Hall–Kier alpha value is -2.18. The maximum Gasteiger partial charge on any atom is 0.453 e. The predicted molar refractivity (Wildman–Crippen MR) is 86.8 cm³/mol. The van der Waals surface area contributed by atoms with Gasteiger partial charge in [0.1, 0.15) is 17.7 Å². The number of fused-ring (bicyclic) bond motifs is 1. The molecule has 1 aromatic carbocycles. The molecular weight excluding hydrogens is 404 g/mol. The Bertz CT molecular complexity index is 916. The molecule has 2 aliphatic heterocycles. The number of alkyl halides is 3. The molecule has 0 radical (unpaired) electrons. The van der Waals surface area contributed by atoms with Gasteiger partial charge >= 0.3 is 6.18 Å². The number of rotatable bonds is 2. The first-order chi connectivity index (χ1) is 13.6. The van der Waals surface area contributed by atoms with Crippen molar-refractivity contribution in [2.75, 3.05) is 13.2 Å². The molecule has 2 aliphatic rings. The fourth-order valence-corrected chi connectivity index (χ4v) is 3.76. The Morgan fingerprint density at radius 2 is 1.79 bits per heavy atom. The molecule has 0 spiro atoms. The van der Waals surface area contributed by atoms with Crippen LogP contribution in [-0.4, -0.2) is 44.9 Å². The van der Waals surface area contributed by atoms with Crippen molar-refractivity contribution in [2.24, 2.45) is 5.73 Å². The minimum absolute atomic E-state index is 0.108. The summed E-state index contributed by atoms with van der Waals surface area (Å²) in [5.41, 5.74) is 5.94. The summed E-state index contributed by atoms with van der Waals surface area (Å²) >= 11 is 0. The van der Waals surface area contributed by atoms with E-state index in [1.807, 2.05) is 4.90 Å². The van der Waals surface area contributed by atoms with Crippen molar-refractivity contribution >= 4 is 0 Å². The van der Waals surface area contributed by atoms with E-state index in [9.17, 15) is 26.3 Å². The van der Waals surface area contributed by atoms with E-state index >= 15 is 0 Å². The van der Waals surface area contributed by atoms with E-state index in [-0.39, 0.29) is 37.1 Å². The summed E-state index contributed by atoms with van der Waals surface area (Å²) in [5.74, 6) is -4.45. The van der Waals surface area contributed by atoms with Crippen molar-refractivity contribution in [3.8, 4) is 0 Å². The topological polar surface area (TPSA) is 69.2 Å². The SMILES string of the molecule is N[C@H]1C[C@@H](N2CCn3nc(C(F)(F)F)nc3C2)COC1c1cc(F)c(F)cc1F. The first-order valence-electron chi connectivity index (χ1n) is 8.90. The third kappa shape index (κ3) is 3.83. The highest BCUT2D eigenvalue weighted by molar-refractivity contribution is 5.24. The Morgan fingerprint density at radius 1 is 1.07 bits per heavy atom. The average Bonchev–Trinajstić information content (AvgIpc) is 3.09. The lowest BCUT2D eigenvalue weighted by atomic mass is 9.93. The van der Waals surface area contributed by atoms with Crippen molar-refractivity contribution in [3.63, 3.8) is 0 Å². The van der Waals surface area contributed by atoms with Crippen LogP contribution in [0.1, 0.15) is 29.7 Å². The summed E-state index contributed by atoms with van der Waals surface area (Å²) in [6.45, 7) is 0.884. The summed E-state index contributed by atoms with van der Waals surface area (Å²) in [6, 6.07) is 0.230. The molecule has 6 nitrogen and oxygen atoms in total. The van der Waals surface area contributed by atoms with E-state index in [0.29, 0.717) is 19.0 Å². The number of benzene rings is 1. The van der Waals surface area contributed by atoms with Crippen LogP contribution in [0.4, 0.5) is 26.3 Å². The van der Waals surface area contributed by atoms with Crippen LogP contribution in [0.5, 0.6) is 0 Å². The third-order valence-electron chi connectivity index (χ3n) is 5.21. The van der Waals surface area contributed by atoms with Crippen LogP contribution >= 0.6 is 0 Å². The number of hydrogen-bond donors (Lipinski definition) is 1. The largest absolute Gasteiger partial charge is 0.453 e. The summed E-state index contributed by atoms with van der Waals surface area (Å²) < 4.78 is 85.9. The quantitative estimate of drug-likeness (QED) is 0.596. The molecule has 3 heterocycles. The molecular formula is C17H17F6N5O. The van der Waals surface area contributed by atoms with Crippen molar-refractivity contribution in [1.82, 2.24) is 19.7 Å². The number of nitrogens with zero attached hydrogens (tertiary/aromatic N) is 4. The average molecular weight is 421 g/mol. The number of aromatic nitrogens is 3. The van der Waals surface area contributed by atoms with Gasteiger partial charge in [-0.05, 0) is 12.5 Å². The highest BCUT2D eigenvalue weighted by Crippen LogP contribution is 2.33. The van der Waals surface area contributed by atoms with Gasteiger partial charge in [-0.3, -0.25) is 4.90 Å². The van der Waals surface area contributed by atoms with E-state index in [4.69, 9.17) is 10.5 Å². The van der Waals surface area contributed by atoms with Gasteiger partial charge in [0.05, 0.1) is 19.7 Å². The molecule has 1 fully saturated rings. The molecule has 2 N–H and O–H groups in total. The normalized spacial score (nSPS) is 25.8. The molecule has 3 atom stereocenters. The smallest absolute Gasteiger partial charge is 0.370 e. The van der Waals surface area contributed by atoms with Crippen LogP contribution in [0, 0.1) is 17.5 Å². The van der Waals surface area contributed by atoms with Gasteiger partial charge < -0.3 is 10.5 Å². The minimum atomic E-state index is -4.62. The van der Waals surface area contributed by atoms with Crippen molar-refractivity contribution in [3.05, 3.63) is 46.8 Å². The van der Waals surface area contributed by atoms with Crippen LogP contribution in [-0.2, 0) is 24.0 Å². The molecule has 1 unspecified atom stereocenters. The zero-order valence-corrected chi connectivity index (χ0v) is 15.0. The van der Waals surface area contributed by atoms with E-state index in [0.717, 1.165) is 6.07 Å². The molecule has 1 aromatic heterocycles. The lowest BCUT2D eigenvalue weighted by Crippen LogP contribution is -2.51. The van der Waals surface area contributed by atoms with Crippen LogP contribution < -0.4 is 5.73 Å². The lowest BCUT2D eigenvalue weighted by molar-refractivity contribution is -0.145. The van der Waals surface area contributed by atoms with E-state index in [1.54, 1.807) is 0 Å². The number of halogens is 6. The van der Waals surface area contributed by atoms with Gasteiger partial charge in [-0.1, -0.05) is 0 Å². The maximum atomic E-state index is 14.0. The summed E-state index contributed by atoms with van der Waals surface area (Å²) in [6.07, 6.45) is -5.23. The van der Waals surface area contributed by atoms with Crippen LogP contribution in [0.2, 0.25) is 0 Å². The van der Waals surface area contributed by atoms with Gasteiger partial charge in [0.15, 0.2) is 11.6 Å². The molecule has 0 bridgehead atoms. The predicted octanol–water partition coefficient (Wildman–Crippen LogP) is 2.39. The second kappa shape index (κ2) is 7.26. The molecule has 29 heavy (non-hydrogen) atoms. The molecule has 158 valence electrons. The van der Waals surface area contributed by atoms with E-state index < -0.39 is 41.6 Å². The summed E-state index contributed by atoms with van der Waals surface area (Å²) in [5, 5.41) is 3.48. The Labute approximate surface area is 161 Å². The van der Waals surface area contributed by atoms with Gasteiger partial charge in [-0.15, -0.1) is 5.10 Å². The molecule has 12 heteroatoms. The fourth-order valence-electron chi connectivity index (χ4n) is 3.76. The lowest BCUT2D eigenvalue weighted by Gasteiger charge is -2.41. The van der Waals surface area contributed by atoms with E-state index in [2.05, 4.69) is 10.1 Å². The minimum Gasteiger partial charge on any atom is -0.370 e. The molecule has 0 aliphatic carbocycles. The molecule has 1 saturated heterocycles. The summed E-state index contributed by atoms with van der Waals surface area (Å²) in [4.78, 5) is 5.44. The monoisotopic (exact) mass is 421 g/mol. The van der Waals surface area contributed by atoms with Crippen molar-refractivity contribution in [1.29, 1.82) is 0 Å². The number of ether oxygens (including phenoxy) is 1. The maximum absolute atomic E-state index is 14.0. The van der Waals surface area contributed by atoms with Crippen LogP contribution in [0.25, 0.3) is 0 Å². The summed E-state index contributed by atoms with van der Waals surface area (Å²) in [7, 11) is 0. The first kappa shape index (κ1) is 20.1. The third-order valence-corrected chi connectivity index (χ3v) is 5.21. The highest BCUT2D eigenvalue weighted by atomic mass is 19.4. The van der Waals surface area contributed by atoms with Gasteiger partial charge in [-0.2, -0.15) is 13.2 Å². The zero-order valence-electron chi connectivity index (χ0n) is 15.0. The van der Waals surface area contributed by atoms with Crippen molar-refractivity contribution < 1.29 is 31.1 Å². The number of nitrogens with two attached hydrogens (primary N) is 1. The van der Waals surface area contributed by atoms with Gasteiger partial charge in [0.2, 0.25) is 0 Å². The molecule has 4 rings (SSSR count). The van der Waals surface area contributed by atoms with Gasteiger partial charge in [0, 0.05) is 30.3 Å². The van der Waals surface area contributed by atoms with Gasteiger partial charge in [-0.25, -0.2) is 22.8 Å². The Morgan fingerprint density at radius 3 is 2.48 bits per heavy atom. The van der Waals surface area contributed by atoms with Crippen molar-refractivity contribution in [2.45, 2.75) is 43.9 Å². The first-order valence-corrected chi connectivity index (χ1v) is 8.90. The Balaban J connectivity index is 1.46.